The van der Waals surface area contributed by atoms with E-state index in [-0.39, 0.29) is 11.2 Å². The van der Waals surface area contributed by atoms with Crippen LogP contribution in [0.15, 0.2) is 11.1 Å². The number of nitrogen functional groups attached to an aromatic ring is 1. The Morgan fingerprint density at radius 1 is 1.47 bits per heavy atom. The third-order valence-electron chi connectivity index (χ3n) is 3.92. The van der Waals surface area contributed by atoms with E-state index in [2.05, 4.69) is 29.1 Å². The van der Waals surface area contributed by atoms with E-state index >= 15 is 0 Å². The van der Waals surface area contributed by atoms with Crippen LogP contribution in [0, 0.1) is 11.8 Å². The molecule has 1 aromatic rings. The van der Waals surface area contributed by atoms with Crippen molar-refractivity contribution in [2.24, 2.45) is 11.8 Å². The predicted molar refractivity (Wildman–Crippen MR) is 68.9 cm³/mol. The molecule has 0 bridgehead atoms. The van der Waals surface area contributed by atoms with Crippen LogP contribution in [0.5, 0.6) is 0 Å². The monoisotopic (exact) mass is 236 g/mol. The summed E-state index contributed by atoms with van der Waals surface area (Å²) in [6.07, 6.45) is 4.99. The van der Waals surface area contributed by atoms with Gasteiger partial charge in [0.25, 0.3) is 5.56 Å². The predicted octanol–water partition coefficient (Wildman–Crippen LogP) is 1.59. The lowest BCUT2D eigenvalue weighted by molar-refractivity contribution is 0.253. The summed E-state index contributed by atoms with van der Waals surface area (Å²) in [7, 11) is 0. The van der Waals surface area contributed by atoms with E-state index in [0.717, 1.165) is 6.42 Å². The molecule has 1 aliphatic rings. The summed E-state index contributed by atoms with van der Waals surface area (Å²) in [5, 5.41) is 3.31. The number of aromatic nitrogens is 2. The van der Waals surface area contributed by atoms with Crippen LogP contribution >= 0.6 is 0 Å². The first-order valence-electron chi connectivity index (χ1n) is 6.19. The normalized spacial score (nSPS) is 28.9. The van der Waals surface area contributed by atoms with Crippen LogP contribution < -0.4 is 16.6 Å². The zero-order valence-electron chi connectivity index (χ0n) is 10.4. The summed E-state index contributed by atoms with van der Waals surface area (Å²) >= 11 is 0. The fourth-order valence-corrected chi connectivity index (χ4v) is 2.49. The molecule has 5 nitrogen and oxygen atoms in total. The Morgan fingerprint density at radius 3 is 3.00 bits per heavy atom. The molecule has 94 valence electrons. The van der Waals surface area contributed by atoms with Crippen molar-refractivity contribution in [3.05, 3.63) is 16.7 Å². The summed E-state index contributed by atoms with van der Waals surface area (Å²) in [4.78, 5) is 17.9. The molecule has 1 aliphatic carbocycles. The van der Waals surface area contributed by atoms with Gasteiger partial charge in [0.1, 0.15) is 5.69 Å². The molecule has 3 unspecified atom stereocenters. The Bertz CT molecular complexity index is 442. The Labute approximate surface area is 101 Å². The van der Waals surface area contributed by atoms with Crippen molar-refractivity contribution in [1.29, 1.82) is 0 Å². The lowest BCUT2D eigenvalue weighted by atomic mass is 9.78. The zero-order chi connectivity index (χ0) is 12.4. The smallest absolute Gasteiger partial charge is 0.276 e. The van der Waals surface area contributed by atoms with Gasteiger partial charge in [-0.1, -0.05) is 26.7 Å². The van der Waals surface area contributed by atoms with Crippen LogP contribution in [0.25, 0.3) is 0 Å². The van der Waals surface area contributed by atoms with Crippen LogP contribution in [0.2, 0.25) is 0 Å². The fourth-order valence-electron chi connectivity index (χ4n) is 2.49. The second-order valence-corrected chi connectivity index (χ2v) is 5.01. The molecule has 1 saturated carbocycles. The Balaban J connectivity index is 2.15. The zero-order valence-corrected chi connectivity index (χ0v) is 10.4. The average Bonchev–Trinajstić information content (AvgIpc) is 2.31. The third-order valence-corrected chi connectivity index (χ3v) is 3.92. The van der Waals surface area contributed by atoms with Gasteiger partial charge in [-0.3, -0.25) is 4.79 Å². The van der Waals surface area contributed by atoms with Gasteiger partial charge in [0.2, 0.25) is 0 Å². The van der Waals surface area contributed by atoms with Crippen molar-refractivity contribution in [2.45, 2.75) is 39.2 Å². The minimum Gasteiger partial charge on any atom is -0.391 e. The number of nitrogens with zero attached hydrogens (tertiary/aromatic N) is 1. The summed E-state index contributed by atoms with van der Waals surface area (Å²) in [5.74, 6) is 1.79. The van der Waals surface area contributed by atoms with Crippen LogP contribution in [0.4, 0.5) is 11.5 Å². The standard InChI is InChI=1S/C12H20N4O/c1-7-4-3-5-9(8(7)2)16-11-10(13)12(17)15-6-14-11/h6-9H,3-5,13H2,1-2H3,(H2,14,15,16,17). The van der Waals surface area contributed by atoms with Gasteiger partial charge in [-0.05, 0) is 18.3 Å². The van der Waals surface area contributed by atoms with Crippen LogP contribution in [0.3, 0.4) is 0 Å². The second kappa shape index (κ2) is 4.77. The first-order valence-corrected chi connectivity index (χ1v) is 6.19. The molecule has 4 N–H and O–H groups in total. The van der Waals surface area contributed by atoms with E-state index in [1.165, 1.54) is 19.2 Å². The van der Waals surface area contributed by atoms with Gasteiger partial charge >= 0.3 is 0 Å². The largest absolute Gasteiger partial charge is 0.391 e. The summed E-state index contributed by atoms with van der Waals surface area (Å²) in [6.45, 7) is 4.51. The molecule has 1 heterocycles. The minimum atomic E-state index is -0.279. The molecule has 1 aromatic heterocycles. The van der Waals surface area contributed by atoms with Crippen LogP contribution in [0.1, 0.15) is 33.1 Å². The maximum absolute atomic E-state index is 11.4. The lowest BCUT2D eigenvalue weighted by Crippen LogP contribution is -2.36. The molecular formula is C12H20N4O. The number of nitrogens with one attached hydrogen (secondary N) is 2. The second-order valence-electron chi connectivity index (χ2n) is 5.01. The van der Waals surface area contributed by atoms with Gasteiger partial charge in [-0.15, -0.1) is 0 Å². The first kappa shape index (κ1) is 12.0. The Hall–Kier alpha value is -1.52. The van der Waals surface area contributed by atoms with Crippen LogP contribution in [-0.2, 0) is 0 Å². The van der Waals surface area contributed by atoms with E-state index in [9.17, 15) is 4.79 Å². The van der Waals surface area contributed by atoms with Gasteiger partial charge in [0.05, 0.1) is 6.33 Å². The number of anilines is 2. The van der Waals surface area contributed by atoms with E-state index in [1.807, 2.05) is 0 Å². The molecule has 5 heteroatoms. The van der Waals surface area contributed by atoms with Crippen LogP contribution in [-0.4, -0.2) is 16.0 Å². The highest BCUT2D eigenvalue weighted by Gasteiger charge is 2.27. The number of H-pyrrole nitrogens is 1. The van der Waals surface area contributed by atoms with Crippen molar-refractivity contribution in [1.82, 2.24) is 9.97 Å². The van der Waals surface area contributed by atoms with Gasteiger partial charge in [0, 0.05) is 6.04 Å². The molecule has 17 heavy (non-hydrogen) atoms. The van der Waals surface area contributed by atoms with Gasteiger partial charge in [-0.2, -0.15) is 0 Å². The van der Waals surface area contributed by atoms with Gasteiger partial charge in [-0.25, -0.2) is 4.98 Å². The number of hydrogen-bond donors (Lipinski definition) is 3. The van der Waals surface area contributed by atoms with Crippen molar-refractivity contribution in [2.75, 3.05) is 11.1 Å². The Morgan fingerprint density at radius 2 is 2.24 bits per heavy atom. The van der Waals surface area contributed by atoms with E-state index in [4.69, 9.17) is 5.73 Å². The van der Waals surface area contributed by atoms with E-state index < -0.39 is 0 Å². The lowest BCUT2D eigenvalue weighted by Gasteiger charge is -2.35. The molecule has 0 spiro atoms. The third kappa shape index (κ3) is 2.43. The SMILES string of the molecule is CC1CCCC(Nc2nc[nH]c(=O)c2N)C1C. The fraction of sp³-hybridized carbons (Fsp3) is 0.667. The van der Waals surface area contributed by atoms with E-state index in [1.54, 1.807) is 0 Å². The maximum atomic E-state index is 11.4. The van der Waals surface area contributed by atoms with Crippen molar-refractivity contribution in [3.63, 3.8) is 0 Å². The molecule has 0 amide bonds. The first-order chi connectivity index (χ1) is 8.09. The summed E-state index contributed by atoms with van der Waals surface area (Å²) in [6, 6.07) is 0.357. The highest BCUT2D eigenvalue weighted by atomic mass is 16.1. The van der Waals surface area contributed by atoms with Crippen molar-refractivity contribution < 1.29 is 0 Å². The number of hydrogen-bond acceptors (Lipinski definition) is 4. The molecular weight excluding hydrogens is 216 g/mol. The van der Waals surface area contributed by atoms with Crippen molar-refractivity contribution >= 4 is 11.5 Å². The van der Waals surface area contributed by atoms with Crippen molar-refractivity contribution in [3.8, 4) is 0 Å². The molecule has 3 atom stereocenters. The molecule has 0 saturated heterocycles. The number of rotatable bonds is 2. The molecule has 0 aliphatic heterocycles. The van der Waals surface area contributed by atoms with Gasteiger partial charge in [0.15, 0.2) is 5.82 Å². The molecule has 0 radical (unpaired) electrons. The highest BCUT2D eigenvalue weighted by Crippen LogP contribution is 2.31. The number of nitrogens with two attached hydrogens (primary N) is 1. The maximum Gasteiger partial charge on any atom is 0.276 e. The molecule has 1 fully saturated rings. The summed E-state index contributed by atoms with van der Waals surface area (Å²) in [5.41, 5.74) is 5.61. The molecule has 0 aromatic carbocycles. The molecule has 2 rings (SSSR count). The van der Waals surface area contributed by atoms with Gasteiger partial charge < -0.3 is 16.0 Å². The quantitative estimate of drug-likeness (QED) is 0.728. The Kier molecular flexibility index (Phi) is 3.36. The minimum absolute atomic E-state index is 0.179. The highest BCUT2D eigenvalue weighted by molar-refractivity contribution is 5.59. The average molecular weight is 236 g/mol. The topological polar surface area (TPSA) is 83.8 Å². The van der Waals surface area contributed by atoms with E-state index in [0.29, 0.717) is 23.7 Å². The summed E-state index contributed by atoms with van der Waals surface area (Å²) < 4.78 is 0. The number of aromatic amines is 1.